The highest BCUT2D eigenvalue weighted by Crippen LogP contribution is 2.22. The molecule has 0 aromatic heterocycles. The van der Waals surface area contributed by atoms with Gasteiger partial charge in [-0.05, 0) is 42.0 Å². The van der Waals surface area contributed by atoms with Crippen LogP contribution in [0, 0.1) is 0 Å². The summed E-state index contributed by atoms with van der Waals surface area (Å²) in [6.07, 6.45) is 0. The quantitative estimate of drug-likeness (QED) is 0.461. The van der Waals surface area contributed by atoms with Crippen LogP contribution in [0.3, 0.4) is 0 Å². The second kappa shape index (κ2) is 6.56. The third-order valence-corrected chi connectivity index (χ3v) is 3.47. The van der Waals surface area contributed by atoms with Crippen molar-refractivity contribution in [3.05, 3.63) is 59.7 Å². The van der Waals surface area contributed by atoms with E-state index in [1.54, 1.807) is 24.3 Å². The molecule has 0 saturated heterocycles. The summed E-state index contributed by atoms with van der Waals surface area (Å²) in [7, 11) is 1.36. The topological polar surface area (TPSA) is 35.5 Å². The molecule has 98 valence electrons. The van der Waals surface area contributed by atoms with Crippen molar-refractivity contribution in [2.24, 2.45) is 0 Å². The smallest absolute Gasteiger partial charge is 0.337 e. The summed E-state index contributed by atoms with van der Waals surface area (Å²) in [5.74, 6) is 1.12. The Morgan fingerprint density at radius 1 is 1.00 bits per heavy atom. The van der Waals surface area contributed by atoms with Crippen LogP contribution in [0.2, 0.25) is 0 Å². The first-order chi connectivity index (χ1) is 9.22. The zero-order valence-electron chi connectivity index (χ0n) is 10.4. The minimum absolute atomic E-state index is 0.349. The molecular weight excluding hydrogens is 355 g/mol. The molecule has 0 bridgehead atoms. The van der Waals surface area contributed by atoms with Gasteiger partial charge >= 0.3 is 5.97 Å². The van der Waals surface area contributed by atoms with Gasteiger partial charge in [-0.3, -0.25) is 0 Å². The van der Waals surface area contributed by atoms with Crippen LogP contribution in [0.4, 0.5) is 0 Å². The Morgan fingerprint density at radius 3 is 2.00 bits per heavy atom. The fraction of sp³-hybridized carbons (Fsp3) is 0.133. The summed E-state index contributed by atoms with van der Waals surface area (Å²) in [6, 6.07) is 14.8. The van der Waals surface area contributed by atoms with Crippen molar-refractivity contribution < 1.29 is 14.3 Å². The van der Waals surface area contributed by atoms with Crippen molar-refractivity contribution in [2.75, 3.05) is 7.11 Å². The van der Waals surface area contributed by atoms with Crippen molar-refractivity contribution in [3.8, 4) is 11.5 Å². The van der Waals surface area contributed by atoms with Crippen LogP contribution in [-0.4, -0.2) is 13.1 Å². The van der Waals surface area contributed by atoms with E-state index in [-0.39, 0.29) is 5.97 Å². The van der Waals surface area contributed by atoms with Gasteiger partial charge < -0.3 is 9.47 Å². The molecule has 2 aromatic rings. The van der Waals surface area contributed by atoms with Gasteiger partial charge in [-0.1, -0.05) is 34.7 Å². The summed E-state index contributed by atoms with van der Waals surface area (Å²) in [6.45, 7) is 0. The largest absolute Gasteiger partial charge is 0.465 e. The fourth-order valence-corrected chi connectivity index (χ4v) is 2.07. The zero-order valence-corrected chi connectivity index (χ0v) is 12.6. The molecule has 0 aliphatic carbocycles. The van der Waals surface area contributed by atoms with E-state index in [1.165, 1.54) is 12.7 Å². The zero-order chi connectivity index (χ0) is 13.7. The fourth-order valence-electron chi connectivity index (χ4n) is 1.56. The minimum Gasteiger partial charge on any atom is -0.465 e. The summed E-state index contributed by atoms with van der Waals surface area (Å²) in [5, 5.41) is 0. The Hall–Kier alpha value is -1.56. The van der Waals surface area contributed by atoms with E-state index in [1.807, 2.05) is 24.3 Å². The van der Waals surface area contributed by atoms with Gasteiger partial charge in [0.15, 0.2) is 0 Å². The number of carbonyl (C=O) groups is 1. The van der Waals surface area contributed by atoms with Crippen molar-refractivity contribution in [1.29, 1.82) is 0 Å². The van der Waals surface area contributed by atoms with E-state index in [2.05, 4.69) is 27.3 Å². The van der Waals surface area contributed by atoms with E-state index in [0.29, 0.717) is 11.3 Å². The van der Waals surface area contributed by atoms with Crippen molar-refractivity contribution in [1.82, 2.24) is 0 Å². The van der Waals surface area contributed by atoms with Gasteiger partial charge in [0, 0.05) is 4.43 Å². The maximum Gasteiger partial charge on any atom is 0.337 e. The first-order valence-corrected chi connectivity index (χ1v) is 7.26. The maximum absolute atomic E-state index is 11.3. The Morgan fingerprint density at radius 2 is 1.53 bits per heavy atom. The highest BCUT2D eigenvalue weighted by Gasteiger charge is 2.05. The normalized spacial score (nSPS) is 10.0. The minimum atomic E-state index is -0.349. The third kappa shape index (κ3) is 3.70. The van der Waals surface area contributed by atoms with E-state index in [9.17, 15) is 4.79 Å². The molecule has 19 heavy (non-hydrogen) atoms. The van der Waals surface area contributed by atoms with Crippen LogP contribution in [0.1, 0.15) is 15.9 Å². The number of ether oxygens (including phenoxy) is 2. The first-order valence-electron chi connectivity index (χ1n) is 5.74. The average Bonchev–Trinajstić information content (AvgIpc) is 2.48. The number of esters is 1. The molecule has 0 aliphatic rings. The predicted octanol–water partition coefficient (Wildman–Crippen LogP) is 4.20. The van der Waals surface area contributed by atoms with E-state index >= 15 is 0 Å². The van der Waals surface area contributed by atoms with Crippen molar-refractivity contribution >= 4 is 28.6 Å². The first kappa shape index (κ1) is 13.9. The van der Waals surface area contributed by atoms with Gasteiger partial charge in [0.25, 0.3) is 0 Å². The van der Waals surface area contributed by atoms with E-state index < -0.39 is 0 Å². The van der Waals surface area contributed by atoms with Crippen LogP contribution in [-0.2, 0) is 9.16 Å². The summed E-state index contributed by atoms with van der Waals surface area (Å²) in [4.78, 5) is 11.3. The highest BCUT2D eigenvalue weighted by molar-refractivity contribution is 14.1. The number of hydrogen-bond donors (Lipinski definition) is 0. The lowest BCUT2D eigenvalue weighted by molar-refractivity contribution is 0.0600. The van der Waals surface area contributed by atoms with Crippen LogP contribution < -0.4 is 4.74 Å². The number of carbonyl (C=O) groups excluding carboxylic acids is 1. The summed E-state index contributed by atoms with van der Waals surface area (Å²) >= 11 is 2.32. The lowest BCUT2D eigenvalue weighted by Crippen LogP contribution is -2.00. The molecule has 2 rings (SSSR count). The molecule has 0 atom stereocenters. The predicted molar refractivity (Wildman–Crippen MR) is 82.0 cm³/mol. The average molecular weight is 368 g/mol. The SMILES string of the molecule is COC(=O)c1ccc(Oc2ccc(CI)cc2)cc1. The number of methoxy groups -OCH3 is 1. The van der Waals surface area contributed by atoms with Gasteiger partial charge in [0.2, 0.25) is 0 Å². The molecule has 0 N–H and O–H groups in total. The molecule has 0 aliphatic heterocycles. The molecule has 0 saturated carbocycles. The maximum atomic E-state index is 11.3. The number of halogens is 1. The standard InChI is InChI=1S/C15H13IO3/c1-18-15(17)12-4-8-14(9-5-12)19-13-6-2-11(10-16)3-7-13/h2-9H,10H2,1H3. The van der Waals surface area contributed by atoms with Gasteiger partial charge in [0.1, 0.15) is 11.5 Å². The molecule has 3 nitrogen and oxygen atoms in total. The Balaban J connectivity index is 2.08. The monoisotopic (exact) mass is 368 g/mol. The van der Waals surface area contributed by atoms with Gasteiger partial charge in [-0.25, -0.2) is 4.79 Å². The second-order valence-electron chi connectivity index (χ2n) is 3.90. The molecule has 0 radical (unpaired) electrons. The lowest BCUT2D eigenvalue weighted by Gasteiger charge is -2.06. The Bertz CT molecular complexity index is 547. The lowest BCUT2D eigenvalue weighted by atomic mass is 10.2. The number of rotatable bonds is 4. The van der Waals surface area contributed by atoms with Crippen LogP contribution in [0.15, 0.2) is 48.5 Å². The second-order valence-corrected chi connectivity index (χ2v) is 4.66. The van der Waals surface area contributed by atoms with Crippen molar-refractivity contribution in [2.45, 2.75) is 4.43 Å². The molecule has 0 spiro atoms. The van der Waals surface area contributed by atoms with Crippen LogP contribution in [0.5, 0.6) is 11.5 Å². The molecular formula is C15H13IO3. The molecule has 0 unspecified atom stereocenters. The highest BCUT2D eigenvalue weighted by atomic mass is 127. The van der Waals surface area contributed by atoms with Gasteiger partial charge in [0.05, 0.1) is 12.7 Å². The number of alkyl halides is 1. The molecule has 0 fully saturated rings. The van der Waals surface area contributed by atoms with E-state index in [4.69, 9.17) is 4.74 Å². The van der Waals surface area contributed by atoms with Gasteiger partial charge in [-0.2, -0.15) is 0 Å². The third-order valence-electron chi connectivity index (χ3n) is 2.59. The van der Waals surface area contributed by atoms with E-state index in [0.717, 1.165) is 10.2 Å². The number of benzene rings is 2. The summed E-state index contributed by atoms with van der Waals surface area (Å²) in [5.41, 5.74) is 1.77. The summed E-state index contributed by atoms with van der Waals surface area (Å²) < 4.78 is 11.3. The van der Waals surface area contributed by atoms with Gasteiger partial charge in [-0.15, -0.1) is 0 Å². The molecule has 0 heterocycles. The van der Waals surface area contributed by atoms with Crippen molar-refractivity contribution in [3.63, 3.8) is 0 Å². The van der Waals surface area contributed by atoms with Crippen LogP contribution in [0.25, 0.3) is 0 Å². The number of hydrogen-bond acceptors (Lipinski definition) is 3. The van der Waals surface area contributed by atoms with Crippen LogP contribution >= 0.6 is 22.6 Å². The molecule has 4 heteroatoms. The molecule has 0 amide bonds. The Labute approximate surface area is 125 Å². The Kier molecular flexibility index (Phi) is 4.79. The molecule has 2 aromatic carbocycles.